The third-order valence-corrected chi connectivity index (χ3v) is 5.60. The molecule has 0 atom stereocenters. The van der Waals surface area contributed by atoms with Crippen LogP contribution in [-0.4, -0.2) is 27.4 Å². The number of aryl methyl sites for hydroxylation is 1. The average Bonchev–Trinajstić information content (AvgIpc) is 3.15. The van der Waals surface area contributed by atoms with E-state index in [0.29, 0.717) is 27.0 Å². The number of imidazole rings is 1. The Morgan fingerprint density at radius 3 is 2.67 bits per heavy atom. The van der Waals surface area contributed by atoms with Gasteiger partial charge in [0.2, 0.25) is 5.91 Å². The molecule has 5 nitrogen and oxygen atoms in total. The number of nitrogens with zero attached hydrogens (tertiary/aromatic N) is 1. The third-order valence-electron chi connectivity index (χ3n) is 4.49. The molecule has 4 aromatic rings. The number of thioether (sulfide) groups is 1. The monoisotopic (exact) mass is 435 g/mol. The van der Waals surface area contributed by atoms with Crippen molar-refractivity contribution < 1.29 is 9.59 Å². The van der Waals surface area contributed by atoms with E-state index >= 15 is 0 Å². The molecular weight excluding hydrogens is 418 g/mol. The first kappa shape index (κ1) is 20.2. The summed E-state index contributed by atoms with van der Waals surface area (Å²) in [5.41, 5.74) is 4.25. The molecule has 30 heavy (non-hydrogen) atoms. The molecule has 1 amide bonds. The number of H-pyrrole nitrogens is 1. The Kier molecular flexibility index (Phi) is 5.88. The van der Waals surface area contributed by atoms with Crippen LogP contribution < -0.4 is 5.32 Å². The van der Waals surface area contributed by atoms with Gasteiger partial charge in [-0.3, -0.25) is 9.59 Å². The lowest BCUT2D eigenvalue weighted by molar-refractivity contribution is -0.113. The number of aromatic nitrogens is 2. The number of benzene rings is 3. The second kappa shape index (κ2) is 8.73. The van der Waals surface area contributed by atoms with Crippen molar-refractivity contribution in [3.63, 3.8) is 0 Å². The summed E-state index contributed by atoms with van der Waals surface area (Å²) in [4.78, 5) is 33.1. The predicted octanol–water partition coefficient (Wildman–Crippen LogP) is 5.49. The summed E-state index contributed by atoms with van der Waals surface area (Å²) >= 11 is 7.40. The number of amides is 1. The Hall–Kier alpha value is -3.09. The molecule has 4 rings (SSSR count). The number of carbonyl (C=O) groups is 2. The van der Waals surface area contributed by atoms with Crippen molar-refractivity contribution in [1.29, 1.82) is 0 Å². The van der Waals surface area contributed by atoms with Crippen LogP contribution in [0.2, 0.25) is 5.02 Å². The Balaban J connectivity index is 1.48. The molecule has 0 saturated carbocycles. The third kappa shape index (κ3) is 4.56. The van der Waals surface area contributed by atoms with Crippen molar-refractivity contribution in [2.24, 2.45) is 0 Å². The van der Waals surface area contributed by atoms with Gasteiger partial charge in [0.05, 0.1) is 22.5 Å². The number of rotatable bonds is 6. The SMILES string of the molecule is Cc1ccc2nc(SCC(=O)Nc3ccc(Cl)cc3C(=O)c3ccccc3)[nH]c2c1. The van der Waals surface area contributed by atoms with Gasteiger partial charge < -0.3 is 10.3 Å². The van der Waals surface area contributed by atoms with Crippen LogP contribution in [0, 0.1) is 6.92 Å². The first-order chi connectivity index (χ1) is 14.5. The largest absolute Gasteiger partial charge is 0.333 e. The normalized spacial score (nSPS) is 10.9. The van der Waals surface area contributed by atoms with Gasteiger partial charge in [-0.25, -0.2) is 4.98 Å². The van der Waals surface area contributed by atoms with E-state index in [9.17, 15) is 9.59 Å². The zero-order valence-corrected chi connectivity index (χ0v) is 17.7. The predicted molar refractivity (Wildman–Crippen MR) is 122 cm³/mol. The molecule has 150 valence electrons. The van der Waals surface area contributed by atoms with Crippen LogP contribution in [0.3, 0.4) is 0 Å². The van der Waals surface area contributed by atoms with Gasteiger partial charge in [0.25, 0.3) is 0 Å². The quantitative estimate of drug-likeness (QED) is 0.310. The average molecular weight is 436 g/mol. The minimum atomic E-state index is -0.235. The maximum Gasteiger partial charge on any atom is 0.234 e. The molecule has 0 bridgehead atoms. The molecule has 0 saturated heterocycles. The number of aromatic amines is 1. The highest BCUT2D eigenvalue weighted by molar-refractivity contribution is 7.99. The standard InChI is InChI=1S/C23H18ClN3O2S/c1-14-7-9-19-20(11-14)27-23(26-19)30-13-21(28)25-18-10-8-16(24)12-17(18)22(29)15-5-3-2-4-6-15/h2-12H,13H2,1H3,(H,25,28)(H,26,27). The molecule has 2 N–H and O–H groups in total. The molecule has 0 aliphatic rings. The van der Waals surface area contributed by atoms with E-state index in [1.54, 1.807) is 42.5 Å². The molecular formula is C23H18ClN3O2S. The second-order valence-corrected chi connectivity index (χ2v) is 8.18. The van der Waals surface area contributed by atoms with Crippen LogP contribution in [-0.2, 0) is 4.79 Å². The highest BCUT2D eigenvalue weighted by atomic mass is 35.5. The number of halogens is 1. The maximum atomic E-state index is 12.9. The Morgan fingerprint density at radius 2 is 1.87 bits per heavy atom. The number of fused-ring (bicyclic) bond motifs is 1. The van der Waals surface area contributed by atoms with Crippen LogP contribution >= 0.6 is 23.4 Å². The topological polar surface area (TPSA) is 74.8 Å². The Labute approximate surface area is 182 Å². The summed E-state index contributed by atoms with van der Waals surface area (Å²) in [6.07, 6.45) is 0. The van der Waals surface area contributed by atoms with Crippen molar-refractivity contribution in [3.05, 3.63) is 88.4 Å². The van der Waals surface area contributed by atoms with Gasteiger partial charge in [-0.05, 0) is 42.8 Å². The zero-order valence-electron chi connectivity index (χ0n) is 16.1. The molecule has 7 heteroatoms. The number of hydrogen-bond acceptors (Lipinski definition) is 4. The number of anilines is 1. The lowest BCUT2D eigenvalue weighted by Gasteiger charge is -2.11. The van der Waals surface area contributed by atoms with E-state index in [-0.39, 0.29) is 17.4 Å². The number of hydrogen-bond donors (Lipinski definition) is 2. The number of ketones is 1. The van der Waals surface area contributed by atoms with E-state index in [1.165, 1.54) is 11.8 Å². The minimum absolute atomic E-state index is 0.153. The fourth-order valence-corrected chi connectivity index (χ4v) is 3.90. The second-order valence-electron chi connectivity index (χ2n) is 6.78. The van der Waals surface area contributed by atoms with Gasteiger partial charge in [0.1, 0.15) is 0 Å². The molecule has 0 unspecified atom stereocenters. The van der Waals surface area contributed by atoms with E-state index in [0.717, 1.165) is 16.6 Å². The molecule has 3 aromatic carbocycles. The molecule has 0 radical (unpaired) electrons. The van der Waals surface area contributed by atoms with E-state index in [1.807, 2.05) is 31.2 Å². The van der Waals surface area contributed by atoms with Gasteiger partial charge in [-0.1, -0.05) is 59.8 Å². The Bertz CT molecular complexity index is 1240. The van der Waals surface area contributed by atoms with Crippen LogP contribution in [0.5, 0.6) is 0 Å². The lowest BCUT2D eigenvalue weighted by Crippen LogP contribution is -2.17. The van der Waals surface area contributed by atoms with Gasteiger partial charge in [-0.15, -0.1) is 0 Å². The fourth-order valence-electron chi connectivity index (χ4n) is 3.05. The van der Waals surface area contributed by atoms with Crippen molar-refractivity contribution in [3.8, 4) is 0 Å². The van der Waals surface area contributed by atoms with Crippen LogP contribution in [0.4, 0.5) is 5.69 Å². The summed E-state index contributed by atoms with van der Waals surface area (Å²) in [5.74, 6) is -0.282. The first-order valence-corrected chi connectivity index (χ1v) is 10.6. The van der Waals surface area contributed by atoms with Gasteiger partial charge in [-0.2, -0.15) is 0 Å². The fraction of sp³-hybridized carbons (Fsp3) is 0.0870. The summed E-state index contributed by atoms with van der Waals surface area (Å²) in [6.45, 7) is 2.01. The zero-order chi connectivity index (χ0) is 21.1. The minimum Gasteiger partial charge on any atom is -0.333 e. The molecule has 1 aromatic heterocycles. The van der Waals surface area contributed by atoms with Crippen LogP contribution in [0.1, 0.15) is 21.5 Å². The van der Waals surface area contributed by atoms with E-state index < -0.39 is 0 Å². The molecule has 0 aliphatic heterocycles. The van der Waals surface area contributed by atoms with Gasteiger partial charge >= 0.3 is 0 Å². The summed E-state index contributed by atoms with van der Waals surface area (Å²) < 4.78 is 0. The van der Waals surface area contributed by atoms with Crippen LogP contribution in [0.15, 0.2) is 71.9 Å². The van der Waals surface area contributed by atoms with Crippen molar-refractivity contribution in [2.45, 2.75) is 12.1 Å². The smallest absolute Gasteiger partial charge is 0.234 e. The number of nitrogens with one attached hydrogen (secondary N) is 2. The summed E-state index contributed by atoms with van der Waals surface area (Å²) in [5, 5.41) is 3.92. The Morgan fingerprint density at radius 1 is 1.07 bits per heavy atom. The molecule has 1 heterocycles. The van der Waals surface area contributed by atoms with E-state index in [2.05, 4.69) is 15.3 Å². The van der Waals surface area contributed by atoms with Crippen LogP contribution in [0.25, 0.3) is 11.0 Å². The van der Waals surface area contributed by atoms with Gasteiger partial charge in [0, 0.05) is 16.1 Å². The highest BCUT2D eigenvalue weighted by Gasteiger charge is 2.16. The molecule has 0 aliphatic carbocycles. The van der Waals surface area contributed by atoms with Crippen molar-refractivity contribution >= 4 is 51.8 Å². The molecule has 0 fully saturated rings. The first-order valence-electron chi connectivity index (χ1n) is 9.28. The lowest BCUT2D eigenvalue weighted by atomic mass is 10.0. The van der Waals surface area contributed by atoms with Gasteiger partial charge in [0.15, 0.2) is 10.9 Å². The van der Waals surface area contributed by atoms with E-state index in [4.69, 9.17) is 11.6 Å². The highest BCUT2D eigenvalue weighted by Crippen LogP contribution is 2.25. The summed E-state index contributed by atoms with van der Waals surface area (Å²) in [7, 11) is 0. The maximum absolute atomic E-state index is 12.9. The molecule has 0 spiro atoms. The van der Waals surface area contributed by atoms with Crippen molar-refractivity contribution in [1.82, 2.24) is 9.97 Å². The van der Waals surface area contributed by atoms with Crippen molar-refractivity contribution in [2.75, 3.05) is 11.1 Å². The summed E-state index contributed by atoms with van der Waals surface area (Å²) in [6, 6.07) is 19.7. The number of carbonyl (C=O) groups excluding carboxylic acids is 2.